The Balaban J connectivity index is 1.37. The minimum Gasteiger partial charge on any atom is -0.394 e. The van der Waals surface area contributed by atoms with Crippen LogP contribution in [-0.4, -0.2) is 77.9 Å². The summed E-state index contributed by atoms with van der Waals surface area (Å²) in [6, 6.07) is 7.33. The molecule has 42 heavy (non-hydrogen) atoms. The number of piperidine rings is 2. The minimum atomic E-state index is -4.20. The van der Waals surface area contributed by atoms with Gasteiger partial charge in [-0.2, -0.15) is 4.31 Å². The summed E-state index contributed by atoms with van der Waals surface area (Å²) in [5.74, 6) is -1.67. The average molecular weight is 622 g/mol. The number of sulfonamides is 1. The van der Waals surface area contributed by atoms with Crippen molar-refractivity contribution in [3.8, 4) is 0 Å². The second-order valence-corrected chi connectivity index (χ2v) is 14.7. The summed E-state index contributed by atoms with van der Waals surface area (Å²) in [5, 5.41) is 10.7. The molecular weight excluding hydrogens is 584 g/mol. The van der Waals surface area contributed by atoms with E-state index in [1.54, 1.807) is 4.90 Å². The number of halogens is 3. The second kappa shape index (κ2) is 11.8. The van der Waals surface area contributed by atoms with E-state index in [0.717, 1.165) is 32.0 Å². The van der Waals surface area contributed by atoms with Gasteiger partial charge in [0.2, 0.25) is 15.9 Å². The topological polar surface area (TPSA) is 81.2 Å². The molecule has 3 heterocycles. The fourth-order valence-electron chi connectivity index (χ4n) is 7.61. The molecule has 3 saturated heterocycles. The van der Waals surface area contributed by atoms with Crippen LogP contribution in [0.1, 0.15) is 69.4 Å². The van der Waals surface area contributed by atoms with Crippen molar-refractivity contribution in [1.82, 2.24) is 14.1 Å². The zero-order valence-electron chi connectivity index (χ0n) is 23.6. The summed E-state index contributed by atoms with van der Waals surface area (Å²) in [4.78, 5) is 18.7. The molecule has 2 aromatic carbocycles. The molecule has 1 saturated carbocycles. The minimum absolute atomic E-state index is 0.0171. The Morgan fingerprint density at radius 3 is 2.26 bits per heavy atom. The van der Waals surface area contributed by atoms with Gasteiger partial charge in [-0.1, -0.05) is 18.0 Å². The van der Waals surface area contributed by atoms with Crippen LogP contribution in [0.25, 0.3) is 0 Å². The van der Waals surface area contributed by atoms with Crippen molar-refractivity contribution in [2.75, 3.05) is 26.2 Å². The van der Waals surface area contributed by atoms with Gasteiger partial charge in [0.1, 0.15) is 11.6 Å². The van der Waals surface area contributed by atoms with Crippen LogP contribution in [-0.2, 0) is 14.8 Å². The molecule has 4 fully saturated rings. The Morgan fingerprint density at radius 2 is 1.64 bits per heavy atom. The number of aliphatic hydroxyl groups is 1. The van der Waals surface area contributed by atoms with E-state index in [1.807, 2.05) is 0 Å². The summed E-state index contributed by atoms with van der Waals surface area (Å²) in [5.41, 5.74) is -0.716. The molecular formula is C31H38ClF2N3O4S. The van der Waals surface area contributed by atoms with Gasteiger partial charge >= 0.3 is 0 Å². The average Bonchev–Trinajstić information content (AvgIpc) is 3.68. The van der Waals surface area contributed by atoms with E-state index >= 15 is 0 Å². The van der Waals surface area contributed by atoms with Gasteiger partial charge in [-0.25, -0.2) is 17.2 Å². The number of nitrogens with zero attached hydrogens (tertiary/aromatic N) is 3. The fourth-order valence-corrected chi connectivity index (χ4v) is 9.67. The maximum absolute atomic E-state index is 14.5. The molecule has 0 spiro atoms. The standard InChI is InChI=1S/C31H38ClF2N3O4S/c32-22-7-9-27(10-8-22)42(40,41)37-28(21-15-23(33)17-24(34)16-21)5-4-6-29(37)31(11-12-31)30(39)36-19-25(18-26(36)20-38)35-13-2-1-3-14-35/h7-10,15-17,25-26,28-29,38H,1-6,11-14,18-20H2. The van der Waals surface area contributed by atoms with E-state index in [4.69, 9.17) is 11.6 Å². The zero-order valence-corrected chi connectivity index (χ0v) is 25.2. The van der Waals surface area contributed by atoms with E-state index in [0.29, 0.717) is 50.1 Å². The molecule has 1 N–H and O–H groups in total. The van der Waals surface area contributed by atoms with E-state index in [9.17, 15) is 27.1 Å². The number of aliphatic hydroxyl groups excluding tert-OH is 1. The summed E-state index contributed by atoms with van der Waals surface area (Å²) in [6.07, 6.45) is 6.63. The molecule has 228 valence electrons. The Bertz CT molecular complexity index is 1400. The first kappa shape index (κ1) is 29.9. The summed E-state index contributed by atoms with van der Waals surface area (Å²) in [7, 11) is -4.20. The van der Waals surface area contributed by atoms with Crippen molar-refractivity contribution in [2.24, 2.45) is 5.41 Å². The van der Waals surface area contributed by atoms with Gasteiger partial charge in [0.25, 0.3) is 0 Å². The third-order valence-electron chi connectivity index (χ3n) is 9.85. The Kier molecular flexibility index (Phi) is 8.39. The van der Waals surface area contributed by atoms with E-state index in [1.165, 1.54) is 47.1 Å². The lowest BCUT2D eigenvalue weighted by atomic mass is 9.84. The highest BCUT2D eigenvalue weighted by atomic mass is 35.5. The maximum Gasteiger partial charge on any atom is 0.243 e. The highest BCUT2D eigenvalue weighted by molar-refractivity contribution is 7.89. The fraction of sp³-hybridized carbons (Fsp3) is 0.581. The van der Waals surface area contributed by atoms with Crippen molar-refractivity contribution < 1.29 is 27.1 Å². The largest absolute Gasteiger partial charge is 0.394 e. The SMILES string of the molecule is O=C(N1CC(N2CCCCC2)CC1CO)C1(C2CCCC(c3cc(F)cc(F)c3)N2S(=O)(=O)c2ccc(Cl)cc2)CC1. The van der Waals surface area contributed by atoms with Gasteiger partial charge in [-0.15, -0.1) is 0 Å². The van der Waals surface area contributed by atoms with E-state index < -0.39 is 39.2 Å². The Hall–Kier alpha value is -2.11. The summed E-state index contributed by atoms with van der Waals surface area (Å²) in [6.45, 7) is 2.34. The van der Waals surface area contributed by atoms with Gasteiger partial charge in [-0.05, 0) is 106 Å². The van der Waals surface area contributed by atoms with Gasteiger partial charge in [0.15, 0.2) is 0 Å². The quantitative estimate of drug-likeness (QED) is 0.464. The highest BCUT2D eigenvalue weighted by Gasteiger charge is 2.63. The van der Waals surface area contributed by atoms with Crippen LogP contribution in [0.5, 0.6) is 0 Å². The molecule has 1 aliphatic carbocycles. The summed E-state index contributed by atoms with van der Waals surface area (Å²) < 4.78 is 59.0. The normalized spacial score (nSPS) is 28.6. The number of carbonyl (C=O) groups excluding carboxylic acids is 1. The zero-order chi connectivity index (χ0) is 29.6. The van der Waals surface area contributed by atoms with Gasteiger partial charge in [-0.3, -0.25) is 9.69 Å². The number of rotatable bonds is 7. The van der Waals surface area contributed by atoms with E-state index in [2.05, 4.69) is 4.90 Å². The van der Waals surface area contributed by atoms with Crippen molar-refractivity contribution in [3.05, 3.63) is 64.7 Å². The molecule has 0 radical (unpaired) electrons. The number of amides is 1. The molecule has 11 heteroatoms. The third-order valence-corrected chi connectivity index (χ3v) is 12.0. The first-order valence-corrected chi connectivity index (χ1v) is 16.9. The molecule has 0 aromatic heterocycles. The van der Waals surface area contributed by atoms with Crippen LogP contribution in [0, 0.1) is 17.0 Å². The van der Waals surface area contributed by atoms with E-state index in [-0.39, 0.29) is 35.1 Å². The van der Waals surface area contributed by atoms with Crippen molar-refractivity contribution in [1.29, 1.82) is 0 Å². The molecule has 0 bridgehead atoms. The molecule has 4 unspecified atom stereocenters. The van der Waals surface area contributed by atoms with Crippen LogP contribution >= 0.6 is 11.6 Å². The molecule has 1 amide bonds. The van der Waals surface area contributed by atoms with Gasteiger partial charge in [0, 0.05) is 29.7 Å². The molecule has 4 aliphatic rings. The van der Waals surface area contributed by atoms with Crippen molar-refractivity contribution in [2.45, 2.75) is 86.9 Å². The van der Waals surface area contributed by atoms with Crippen LogP contribution in [0.4, 0.5) is 8.78 Å². The Morgan fingerprint density at radius 1 is 0.976 bits per heavy atom. The van der Waals surface area contributed by atoms with Crippen LogP contribution in [0.3, 0.4) is 0 Å². The van der Waals surface area contributed by atoms with Gasteiger partial charge < -0.3 is 10.0 Å². The predicted molar refractivity (Wildman–Crippen MR) is 155 cm³/mol. The number of hydrogen-bond donors (Lipinski definition) is 1. The number of carbonyl (C=O) groups is 1. The first-order valence-electron chi connectivity index (χ1n) is 15.0. The molecule has 2 aromatic rings. The molecule has 4 atom stereocenters. The molecule has 6 rings (SSSR count). The van der Waals surface area contributed by atoms with Crippen LogP contribution in [0.15, 0.2) is 47.4 Å². The van der Waals surface area contributed by atoms with Crippen molar-refractivity contribution in [3.63, 3.8) is 0 Å². The number of likely N-dealkylation sites (tertiary alicyclic amines) is 2. The van der Waals surface area contributed by atoms with Gasteiger partial charge in [0.05, 0.1) is 29.0 Å². The third kappa shape index (κ3) is 5.49. The Labute approximate surface area is 251 Å². The lowest BCUT2D eigenvalue weighted by molar-refractivity contribution is -0.141. The lowest BCUT2D eigenvalue weighted by Gasteiger charge is -2.45. The predicted octanol–water partition coefficient (Wildman–Crippen LogP) is 5.13. The molecule has 3 aliphatic heterocycles. The van der Waals surface area contributed by atoms with Crippen LogP contribution in [0.2, 0.25) is 5.02 Å². The number of hydrogen-bond acceptors (Lipinski definition) is 5. The number of benzene rings is 2. The van der Waals surface area contributed by atoms with Crippen molar-refractivity contribution >= 4 is 27.5 Å². The first-order chi connectivity index (χ1) is 20.1. The van der Waals surface area contributed by atoms with Crippen LogP contribution < -0.4 is 0 Å². The summed E-state index contributed by atoms with van der Waals surface area (Å²) >= 11 is 6.06. The monoisotopic (exact) mass is 621 g/mol. The maximum atomic E-state index is 14.5. The second-order valence-electron chi connectivity index (χ2n) is 12.4. The smallest absolute Gasteiger partial charge is 0.243 e. The highest BCUT2D eigenvalue weighted by Crippen LogP contribution is 2.58. The molecule has 7 nitrogen and oxygen atoms in total. The lowest BCUT2D eigenvalue weighted by Crippen LogP contribution is -2.55.